The first-order valence-electron chi connectivity index (χ1n) is 8.69. The standard InChI is InChI=1S/C17H23F3N4O3S.HI/c1-21-16(23-10-12-3-2-4-13(9-12)17(18,19)20)22-7-5-15(25)24-14-6-8-28(26,27)11-14;/h2-4,9,14H,5-8,10-11H2,1H3,(H,24,25)(H2,21,22,23);1H. The average molecular weight is 548 g/mol. The Bertz CT molecular complexity index is 831. The third-order valence-corrected chi connectivity index (χ3v) is 5.95. The molecule has 1 heterocycles. The van der Waals surface area contributed by atoms with Crippen molar-refractivity contribution >= 4 is 45.7 Å². The van der Waals surface area contributed by atoms with Crippen molar-refractivity contribution in [2.45, 2.75) is 31.6 Å². The summed E-state index contributed by atoms with van der Waals surface area (Å²) in [5, 5.41) is 8.46. The molecule has 0 radical (unpaired) electrons. The van der Waals surface area contributed by atoms with E-state index in [-0.39, 0.29) is 66.9 Å². The first-order chi connectivity index (χ1) is 13.1. The Hall–Kier alpha value is -1.57. The number of rotatable bonds is 6. The third kappa shape index (κ3) is 8.76. The van der Waals surface area contributed by atoms with Gasteiger partial charge >= 0.3 is 6.18 Å². The topological polar surface area (TPSA) is 99.7 Å². The molecule has 1 aromatic carbocycles. The van der Waals surface area contributed by atoms with Gasteiger partial charge in [-0.2, -0.15) is 13.2 Å². The fraction of sp³-hybridized carbons (Fsp3) is 0.529. The zero-order valence-electron chi connectivity index (χ0n) is 15.8. The van der Waals surface area contributed by atoms with Crippen LogP contribution in [0.15, 0.2) is 29.3 Å². The lowest BCUT2D eigenvalue weighted by Crippen LogP contribution is -2.40. The molecule has 1 aliphatic heterocycles. The predicted molar refractivity (Wildman–Crippen MR) is 115 cm³/mol. The van der Waals surface area contributed by atoms with E-state index in [0.717, 1.165) is 12.1 Å². The number of hydrogen-bond donors (Lipinski definition) is 3. The number of aliphatic imine (C=N–C) groups is 1. The number of nitrogens with one attached hydrogen (secondary N) is 3. The molecule has 164 valence electrons. The van der Waals surface area contributed by atoms with Gasteiger partial charge in [0.1, 0.15) is 0 Å². The van der Waals surface area contributed by atoms with Gasteiger partial charge in [0.25, 0.3) is 0 Å². The van der Waals surface area contributed by atoms with Crippen LogP contribution in [0.25, 0.3) is 0 Å². The molecule has 1 aliphatic rings. The highest BCUT2D eigenvalue weighted by Crippen LogP contribution is 2.29. The summed E-state index contributed by atoms with van der Waals surface area (Å²) in [6, 6.07) is 4.62. The van der Waals surface area contributed by atoms with Crippen molar-refractivity contribution in [1.82, 2.24) is 16.0 Å². The molecular weight excluding hydrogens is 524 g/mol. The lowest BCUT2D eigenvalue weighted by molar-refractivity contribution is -0.137. The van der Waals surface area contributed by atoms with Gasteiger partial charge in [0.2, 0.25) is 5.91 Å². The number of nitrogens with zero attached hydrogens (tertiary/aromatic N) is 1. The number of hydrogen-bond acceptors (Lipinski definition) is 4. The first-order valence-corrected chi connectivity index (χ1v) is 10.5. The van der Waals surface area contributed by atoms with Crippen molar-refractivity contribution < 1.29 is 26.4 Å². The van der Waals surface area contributed by atoms with E-state index in [1.165, 1.54) is 13.1 Å². The Morgan fingerprint density at radius 2 is 2.00 bits per heavy atom. The van der Waals surface area contributed by atoms with Crippen LogP contribution in [0.5, 0.6) is 0 Å². The molecule has 1 amide bonds. The van der Waals surface area contributed by atoms with Crippen LogP contribution in [0.4, 0.5) is 13.2 Å². The van der Waals surface area contributed by atoms with Crippen molar-refractivity contribution in [1.29, 1.82) is 0 Å². The zero-order chi connectivity index (χ0) is 20.8. The van der Waals surface area contributed by atoms with Gasteiger partial charge in [-0.3, -0.25) is 9.79 Å². The van der Waals surface area contributed by atoms with Crippen LogP contribution in [0, 0.1) is 0 Å². The van der Waals surface area contributed by atoms with Gasteiger partial charge in [0.05, 0.1) is 17.1 Å². The van der Waals surface area contributed by atoms with Crippen molar-refractivity contribution in [3.63, 3.8) is 0 Å². The number of benzene rings is 1. The summed E-state index contributed by atoms with van der Waals surface area (Å²) in [5.74, 6) is 0.117. The average Bonchev–Trinajstić information content (AvgIpc) is 2.95. The number of carbonyl (C=O) groups excluding carboxylic acids is 1. The molecule has 29 heavy (non-hydrogen) atoms. The SMILES string of the molecule is CN=C(NCCC(=O)NC1CCS(=O)(=O)C1)NCc1cccc(C(F)(F)F)c1.I. The zero-order valence-corrected chi connectivity index (χ0v) is 18.9. The minimum Gasteiger partial charge on any atom is -0.356 e. The normalized spacial score (nSPS) is 18.6. The van der Waals surface area contributed by atoms with Crippen molar-refractivity contribution in [2.24, 2.45) is 4.99 Å². The molecule has 0 aromatic heterocycles. The number of sulfone groups is 1. The maximum atomic E-state index is 12.7. The second-order valence-electron chi connectivity index (χ2n) is 6.47. The highest BCUT2D eigenvalue weighted by atomic mass is 127. The number of amides is 1. The molecule has 1 saturated heterocycles. The van der Waals surface area contributed by atoms with Crippen molar-refractivity contribution in [3.8, 4) is 0 Å². The summed E-state index contributed by atoms with van der Waals surface area (Å²) >= 11 is 0. The van der Waals surface area contributed by atoms with E-state index in [9.17, 15) is 26.4 Å². The lowest BCUT2D eigenvalue weighted by atomic mass is 10.1. The van der Waals surface area contributed by atoms with E-state index in [1.54, 1.807) is 6.07 Å². The number of guanidine groups is 1. The monoisotopic (exact) mass is 548 g/mol. The molecule has 2 rings (SSSR count). The molecule has 3 N–H and O–H groups in total. The molecule has 0 spiro atoms. The van der Waals surface area contributed by atoms with Crippen LogP contribution in [-0.4, -0.2) is 51.4 Å². The molecule has 1 unspecified atom stereocenters. The Kier molecular flexibility index (Phi) is 9.65. The molecule has 0 aliphatic carbocycles. The fourth-order valence-electron chi connectivity index (χ4n) is 2.77. The molecular formula is C17H24F3IN4O3S. The molecule has 1 atom stereocenters. The van der Waals surface area contributed by atoms with E-state index in [0.29, 0.717) is 17.9 Å². The van der Waals surface area contributed by atoms with E-state index >= 15 is 0 Å². The van der Waals surface area contributed by atoms with Crippen LogP contribution < -0.4 is 16.0 Å². The molecule has 7 nitrogen and oxygen atoms in total. The van der Waals surface area contributed by atoms with Gasteiger partial charge in [0, 0.05) is 32.6 Å². The summed E-state index contributed by atoms with van der Waals surface area (Å²) in [4.78, 5) is 15.8. The van der Waals surface area contributed by atoms with Crippen molar-refractivity contribution in [2.75, 3.05) is 25.1 Å². The second-order valence-corrected chi connectivity index (χ2v) is 8.70. The van der Waals surface area contributed by atoms with Gasteiger partial charge < -0.3 is 16.0 Å². The minimum atomic E-state index is -4.40. The fourth-order valence-corrected chi connectivity index (χ4v) is 4.44. The highest BCUT2D eigenvalue weighted by Gasteiger charge is 2.30. The Morgan fingerprint density at radius 3 is 2.59 bits per heavy atom. The molecule has 0 bridgehead atoms. The first kappa shape index (κ1) is 25.5. The van der Waals surface area contributed by atoms with Gasteiger partial charge in [-0.05, 0) is 24.1 Å². The third-order valence-electron chi connectivity index (χ3n) is 4.18. The van der Waals surface area contributed by atoms with Crippen LogP contribution >= 0.6 is 24.0 Å². The molecule has 1 fully saturated rings. The van der Waals surface area contributed by atoms with E-state index in [4.69, 9.17) is 0 Å². The van der Waals surface area contributed by atoms with Crippen molar-refractivity contribution in [3.05, 3.63) is 35.4 Å². The molecule has 12 heteroatoms. The Balaban J connectivity index is 0.00000420. The molecule has 0 saturated carbocycles. The smallest absolute Gasteiger partial charge is 0.356 e. The van der Waals surface area contributed by atoms with Gasteiger partial charge in [-0.25, -0.2) is 8.42 Å². The maximum absolute atomic E-state index is 12.7. The Morgan fingerprint density at radius 1 is 1.28 bits per heavy atom. The van der Waals surface area contributed by atoms with Crippen LogP contribution in [0.3, 0.4) is 0 Å². The highest BCUT2D eigenvalue weighted by molar-refractivity contribution is 14.0. The second kappa shape index (κ2) is 11.0. The van der Waals surface area contributed by atoms with Crippen LogP contribution in [0.1, 0.15) is 24.0 Å². The Labute approximate surface area is 184 Å². The summed E-state index contributed by atoms with van der Waals surface area (Å²) in [6.07, 6.45) is -3.87. The predicted octanol–water partition coefficient (Wildman–Crippen LogP) is 1.68. The van der Waals surface area contributed by atoms with Gasteiger partial charge in [-0.15, -0.1) is 24.0 Å². The summed E-state index contributed by atoms with van der Waals surface area (Å²) in [6.45, 7) is 0.378. The maximum Gasteiger partial charge on any atom is 0.416 e. The quantitative estimate of drug-likeness (QED) is 0.286. The van der Waals surface area contributed by atoms with Gasteiger partial charge in [-0.1, -0.05) is 12.1 Å². The van der Waals surface area contributed by atoms with Crippen LogP contribution in [-0.2, 0) is 27.4 Å². The largest absolute Gasteiger partial charge is 0.416 e. The van der Waals surface area contributed by atoms with E-state index < -0.39 is 21.6 Å². The summed E-state index contributed by atoms with van der Waals surface area (Å²) < 4.78 is 61.0. The molecule has 1 aromatic rings. The summed E-state index contributed by atoms with van der Waals surface area (Å²) in [7, 11) is -1.55. The van der Waals surface area contributed by atoms with E-state index in [1.807, 2.05) is 0 Å². The van der Waals surface area contributed by atoms with Gasteiger partial charge in [0.15, 0.2) is 15.8 Å². The number of carbonyl (C=O) groups is 1. The lowest BCUT2D eigenvalue weighted by Gasteiger charge is -2.14. The van der Waals surface area contributed by atoms with E-state index in [2.05, 4.69) is 20.9 Å². The minimum absolute atomic E-state index is 0. The van der Waals surface area contributed by atoms with Crippen LogP contribution in [0.2, 0.25) is 0 Å². The number of alkyl halides is 3. The summed E-state index contributed by atoms with van der Waals surface area (Å²) in [5.41, 5.74) is -0.279. The number of halogens is 4.